The Labute approximate surface area is 211 Å². The number of carbonyl (C=O) groups excluding carboxylic acids is 2. The number of sulfone groups is 1. The predicted molar refractivity (Wildman–Crippen MR) is 137 cm³/mol. The highest BCUT2D eigenvalue weighted by molar-refractivity contribution is 7.90. The van der Waals surface area contributed by atoms with Gasteiger partial charge in [0.15, 0.2) is 5.82 Å². The summed E-state index contributed by atoms with van der Waals surface area (Å²) in [5.41, 5.74) is 2.80. The molecule has 2 saturated carbocycles. The highest BCUT2D eigenvalue weighted by Gasteiger charge is 2.32. The number of rotatable bonds is 6. The number of aromatic nitrogens is 2. The highest BCUT2D eigenvalue weighted by atomic mass is 32.2. The van der Waals surface area contributed by atoms with Gasteiger partial charge in [-0.3, -0.25) is 9.59 Å². The minimum absolute atomic E-state index is 0.00811. The highest BCUT2D eigenvalue weighted by Crippen LogP contribution is 2.33. The van der Waals surface area contributed by atoms with Crippen molar-refractivity contribution in [3.05, 3.63) is 29.5 Å². The van der Waals surface area contributed by atoms with Gasteiger partial charge in [0.2, 0.25) is 26.8 Å². The summed E-state index contributed by atoms with van der Waals surface area (Å²) in [6, 6.07) is 5.39. The number of imidazole rings is 1. The maximum Gasteiger partial charge on any atom is 0.229 e. The van der Waals surface area contributed by atoms with Crippen LogP contribution in [0, 0.1) is 29.6 Å². The Balaban J connectivity index is 1.38. The van der Waals surface area contributed by atoms with Crippen LogP contribution in [0.5, 0.6) is 0 Å². The predicted octanol–water partition coefficient (Wildman–Crippen LogP) is 2.57. The van der Waals surface area contributed by atoms with Crippen LogP contribution >= 0.6 is 0 Å². The third kappa shape index (κ3) is 5.41. The first kappa shape index (κ1) is 24.4. The summed E-state index contributed by atoms with van der Waals surface area (Å²) in [5.74, 6) is 7.44. The van der Waals surface area contributed by atoms with Gasteiger partial charge in [-0.1, -0.05) is 18.8 Å². The van der Waals surface area contributed by atoms with E-state index in [1.165, 1.54) is 6.26 Å². The van der Waals surface area contributed by atoms with Gasteiger partial charge in [0.25, 0.3) is 0 Å². The molecule has 1 aromatic carbocycles. The topological polar surface area (TPSA) is 113 Å². The van der Waals surface area contributed by atoms with Crippen molar-refractivity contribution in [2.24, 2.45) is 24.8 Å². The molecule has 1 atom stereocenters. The van der Waals surface area contributed by atoms with Crippen molar-refractivity contribution < 1.29 is 18.0 Å². The van der Waals surface area contributed by atoms with Crippen molar-refractivity contribution in [3.63, 3.8) is 0 Å². The SMILES string of the molecule is CC1Cc2c(nc(S(C)(=O)=O)n2C)N(CC#Cc2cc(NC(=O)C3CC3)cc(NC(=O)C3CC3)c2)C1. The normalized spacial score (nSPS) is 19.2. The average Bonchev–Trinajstić information content (AvgIpc) is 3.70. The minimum atomic E-state index is -3.44. The smallest absolute Gasteiger partial charge is 0.229 e. The average molecular weight is 510 g/mol. The molecule has 1 aromatic heterocycles. The van der Waals surface area contributed by atoms with Gasteiger partial charge in [0.1, 0.15) is 0 Å². The number of benzene rings is 1. The summed E-state index contributed by atoms with van der Waals surface area (Å²) in [6.07, 6.45) is 5.54. The summed E-state index contributed by atoms with van der Waals surface area (Å²) >= 11 is 0. The van der Waals surface area contributed by atoms with Crippen LogP contribution in [-0.2, 0) is 32.9 Å². The Hall–Kier alpha value is -3.32. The molecular weight excluding hydrogens is 478 g/mol. The fourth-order valence-electron chi connectivity index (χ4n) is 4.57. The molecule has 1 aliphatic heterocycles. The molecule has 1 unspecified atom stereocenters. The van der Waals surface area contributed by atoms with Crippen molar-refractivity contribution in [1.82, 2.24) is 9.55 Å². The molecular formula is C26H31N5O4S. The van der Waals surface area contributed by atoms with Gasteiger partial charge in [-0.05, 0) is 56.2 Å². The molecule has 0 radical (unpaired) electrons. The maximum atomic E-state index is 12.3. The molecule has 0 bridgehead atoms. The largest absolute Gasteiger partial charge is 0.344 e. The van der Waals surface area contributed by atoms with Crippen molar-refractivity contribution in [2.45, 2.75) is 44.2 Å². The number of amides is 2. The molecule has 2 fully saturated rings. The van der Waals surface area contributed by atoms with E-state index in [1.807, 2.05) is 17.0 Å². The number of anilines is 3. The van der Waals surface area contributed by atoms with Crippen molar-refractivity contribution in [3.8, 4) is 11.8 Å². The molecule has 9 nitrogen and oxygen atoms in total. The standard InChI is InChI=1S/C26H31N5O4S/c1-16-11-22-23(29-26(30(22)2)36(3,34)35)31(15-16)10-4-5-17-12-20(27-24(32)18-6-7-18)14-21(13-17)28-25(33)19-8-9-19/h12-14,16,18-19H,6-11,15H2,1-3H3,(H,27,32)(H,28,33). The van der Waals surface area contributed by atoms with E-state index in [-0.39, 0.29) is 28.8 Å². The maximum absolute atomic E-state index is 12.3. The molecule has 0 saturated heterocycles. The molecule has 2 aromatic rings. The van der Waals surface area contributed by atoms with Crippen LogP contribution < -0.4 is 15.5 Å². The van der Waals surface area contributed by atoms with E-state index < -0.39 is 9.84 Å². The van der Waals surface area contributed by atoms with E-state index in [1.54, 1.807) is 17.7 Å². The molecule has 2 N–H and O–H groups in total. The summed E-state index contributed by atoms with van der Waals surface area (Å²) in [7, 11) is -1.71. The van der Waals surface area contributed by atoms with Gasteiger partial charge in [0, 0.05) is 48.6 Å². The monoisotopic (exact) mass is 509 g/mol. The Morgan fingerprint density at radius 2 is 1.64 bits per heavy atom. The van der Waals surface area contributed by atoms with Gasteiger partial charge in [-0.25, -0.2) is 13.4 Å². The van der Waals surface area contributed by atoms with Gasteiger partial charge in [-0.15, -0.1) is 0 Å². The van der Waals surface area contributed by atoms with Gasteiger partial charge in [-0.2, -0.15) is 0 Å². The quantitative estimate of drug-likeness (QED) is 0.579. The Bertz CT molecular complexity index is 1350. The van der Waals surface area contributed by atoms with Gasteiger partial charge >= 0.3 is 0 Å². The fraction of sp³-hybridized carbons (Fsp3) is 0.500. The van der Waals surface area contributed by atoms with Crippen molar-refractivity contribution >= 4 is 38.8 Å². The Kier molecular flexibility index (Phi) is 6.29. The van der Waals surface area contributed by atoms with Crippen molar-refractivity contribution in [1.29, 1.82) is 0 Å². The first-order valence-electron chi connectivity index (χ1n) is 12.3. The number of nitrogens with zero attached hydrogens (tertiary/aromatic N) is 3. The molecule has 36 heavy (non-hydrogen) atoms. The zero-order valence-electron chi connectivity index (χ0n) is 20.8. The van der Waals surface area contributed by atoms with Crippen LogP contribution in [0.4, 0.5) is 17.2 Å². The molecule has 0 spiro atoms. The lowest BCUT2D eigenvalue weighted by Crippen LogP contribution is -2.35. The third-order valence-corrected chi connectivity index (χ3v) is 7.75. The van der Waals surface area contributed by atoms with E-state index in [0.29, 0.717) is 35.2 Å². The van der Waals surface area contributed by atoms with E-state index in [4.69, 9.17) is 0 Å². The molecule has 2 heterocycles. The lowest BCUT2D eigenvalue weighted by molar-refractivity contribution is -0.118. The fourth-order valence-corrected chi connectivity index (χ4v) is 5.43. The van der Waals surface area contributed by atoms with Gasteiger partial charge in [0.05, 0.1) is 12.2 Å². The van der Waals surface area contributed by atoms with Crippen LogP contribution in [0.15, 0.2) is 23.4 Å². The van der Waals surface area contributed by atoms with E-state index in [0.717, 1.165) is 44.3 Å². The second-order valence-corrected chi connectivity index (χ2v) is 12.2. The van der Waals surface area contributed by atoms with E-state index in [9.17, 15) is 18.0 Å². The summed E-state index contributed by atoms with van der Waals surface area (Å²) in [4.78, 5) is 31.1. The summed E-state index contributed by atoms with van der Waals surface area (Å²) < 4.78 is 26.0. The minimum Gasteiger partial charge on any atom is -0.344 e. The first-order chi connectivity index (χ1) is 17.1. The number of nitrogens with one attached hydrogen (secondary N) is 2. The van der Waals surface area contributed by atoms with Gasteiger partial charge < -0.3 is 20.1 Å². The second kappa shape index (κ2) is 9.28. The number of fused-ring (bicyclic) bond motifs is 1. The third-order valence-electron chi connectivity index (χ3n) is 6.72. The molecule has 3 aliphatic rings. The first-order valence-corrected chi connectivity index (χ1v) is 14.2. The number of hydrogen-bond donors (Lipinski definition) is 2. The number of carbonyl (C=O) groups is 2. The molecule has 10 heteroatoms. The second-order valence-electron chi connectivity index (χ2n) is 10.3. The van der Waals surface area contributed by atoms with Crippen molar-refractivity contribution in [2.75, 3.05) is 34.9 Å². The molecule has 5 rings (SSSR count). The van der Waals surface area contributed by atoms with E-state index >= 15 is 0 Å². The van der Waals surface area contributed by atoms with Crippen LogP contribution in [0.3, 0.4) is 0 Å². The molecule has 2 amide bonds. The molecule has 2 aliphatic carbocycles. The number of hydrogen-bond acceptors (Lipinski definition) is 6. The summed E-state index contributed by atoms with van der Waals surface area (Å²) in [5, 5.41) is 5.96. The van der Waals surface area contributed by atoms with Crippen LogP contribution in [-0.4, -0.2) is 49.1 Å². The van der Waals surface area contributed by atoms with Crippen LogP contribution in [0.25, 0.3) is 0 Å². The zero-order valence-corrected chi connectivity index (χ0v) is 21.6. The van der Waals surface area contributed by atoms with E-state index in [2.05, 4.69) is 34.4 Å². The lowest BCUT2D eigenvalue weighted by atomic mass is 10.0. The zero-order chi connectivity index (χ0) is 25.6. The lowest BCUT2D eigenvalue weighted by Gasteiger charge is -2.30. The Morgan fingerprint density at radius 3 is 2.17 bits per heavy atom. The van der Waals surface area contributed by atoms with Crippen LogP contribution in [0.1, 0.15) is 43.9 Å². The summed E-state index contributed by atoms with van der Waals surface area (Å²) in [6.45, 7) is 3.22. The molecule has 190 valence electrons. The Morgan fingerprint density at radius 1 is 1.06 bits per heavy atom. The van der Waals surface area contributed by atoms with Crippen LogP contribution in [0.2, 0.25) is 0 Å².